The van der Waals surface area contributed by atoms with Crippen LogP contribution >= 0.6 is 0 Å². The molecule has 1 atom stereocenters. The standard InChI is InChI=1S/C15H21NO/c1-4-11(2)12-8-9-14-13(10-12)6-5-7-15(17)16(14)3/h8-11H,4-7H2,1-3H3. The second kappa shape index (κ2) is 4.91. The van der Waals surface area contributed by atoms with Crippen LogP contribution in [-0.2, 0) is 11.2 Å². The Balaban J connectivity index is 2.38. The summed E-state index contributed by atoms with van der Waals surface area (Å²) in [6, 6.07) is 6.57. The summed E-state index contributed by atoms with van der Waals surface area (Å²) in [5.74, 6) is 0.838. The van der Waals surface area contributed by atoms with Gasteiger partial charge in [-0.2, -0.15) is 0 Å². The van der Waals surface area contributed by atoms with Gasteiger partial charge in [-0.3, -0.25) is 4.79 Å². The second-order valence-electron chi connectivity index (χ2n) is 5.00. The van der Waals surface area contributed by atoms with E-state index in [1.807, 2.05) is 11.9 Å². The van der Waals surface area contributed by atoms with Gasteiger partial charge in [0, 0.05) is 19.2 Å². The molecule has 0 fully saturated rings. The number of hydrogen-bond donors (Lipinski definition) is 0. The summed E-state index contributed by atoms with van der Waals surface area (Å²) in [6.07, 6.45) is 3.83. The predicted molar refractivity (Wildman–Crippen MR) is 71.5 cm³/mol. The number of hydrogen-bond acceptors (Lipinski definition) is 1. The first-order valence-corrected chi connectivity index (χ1v) is 6.53. The SMILES string of the molecule is CCC(C)c1ccc2c(c1)CCCC(=O)N2C. The lowest BCUT2D eigenvalue weighted by Crippen LogP contribution is -2.24. The van der Waals surface area contributed by atoms with Gasteiger partial charge in [-0.1, -0.05) is 26.0 Å². The van der Waals surface area contributed by atoms with E-state index < -0.39 is 0 Å². The van der Waals surface area contributed by atoms with Crippen molar-refractivity contribution in [1.29, 1.82) is 0 Å². The van der Waals surface area contributed by atoms with Crippen molar-refractivity contribution >= 4 is 11.6 Å². The fourth-order valence-corrected chi connectivity index (χ4v) is 2.41. The largest absolute Gasteiger partial charge is 0.315 e. The molecule has 1 aliphatic heterocycles. The minimum Gasteiger partial charge on any atom is -0.315 e. The molecule has 0 saturated heterocycles. The second-order valence-corrected chi connectivity index (χ2v) is 5.00. The molecule has 0 N–H and O–H groups in total. The van der Waals surface area contributed by atoms with Gasteiger partial charge < -0.3 is 4.90 Å². The predicted octanol–water partition coefficient (Wildman–Crippen LogP) is 3.50. The smallest absolute Gasteiger partial charge is 0.226 e. The maximum absolute atomic E-state index is 11.8. The number of nitrogens with zero attached hydrogens (tertiary/aromatic N) is 1. The molecule has 1 unspecified atom stereocenters. The Morgan fingerprint density at radius 2 is 2.12 bits per heavy atom. The number of carbonyl (C=O) groups excluding carboxylic acids is 1. The third-order valence-corrected chi connectivity index (χ3v) is 3.86. The highest BCUT2D eigenvalue weighted by atomic mass is 16.2. The molecular formula is C15H21NO. The Labute approximate surface area is 104 Å². The van der Waals surface area contributed by atoms with E-state index in [4.69, 9.17) is 0 Å². The van der Waals surface area contributed by atoms with Crippen molar-refractivity contribution in [2.75, 3.05) is 11.9 Å². The Kier molecular flexibility index (Phi) is 3.51. The summed E-state index contributed by atoms with van der Waals surface area (Å²) < 4.78 is 0. The van der Waals surface area contributed by atoms with Crippen LogP contribution in [0.4, 0.5) is 5.69 Å². The molecule has 0 spiro atoms. The molecule has 2 rings (SSSR count). The van der Waals surface area contributed by atoms with Crippen molar-refractivity contribution in [1.82, 2.24) is 0 Å². The molecular weight excluding hydrogens is 210 g/mol. The zero-order chi connectivity index (χ0) is 12.4. The first-order chi connectivity index (χ1) is 8.13. The van der Waals surface area contributed by atoms with Crippen molar-refractivity contribution in [2.24, 2.45) is 0 Å². The zero-order valence-electron chi connectivity index (χ0n) is 11.0. The first-order valence-electron chi connectivity index (χ1n) is 6.53. The monoisotopic (exact) mass is 231 g/mol. The molecule has 0 aliphatic carbocycles. The van der Waals surface area contributed by atoms with Gasteiger partial charge in [-0.05, 0) is 42.4 Å². The number of carbonyl (C=O) groups is 1. The van der Waals surface area contributed by atoms with Gasteiger partial charge in [0.25, 0.3) is 0 Å². The average Bonchev–Trinajstić information content (AvgIpc) is 2.49. The van der Waals surface area contributed by atoms with Crippen LogP contribution in [0, 0.1) is 0 Å². The number of amides is 1. The summed E-state index contributed by atoms with van der Waals surface area (Å²) in [5.41, 5.74) is 3.82. The highest BCUT2D eigenvalue weighted by Crippen LogP contribution is 2.30. The van der Waals surface area contributed by atoms with Crippen LogP contribution in [0.25, 0.3) is 0 Å². The van der Waals surface area contributed by atoms with Crippen LogP contribution in [0.3, 0.4) is 0 Å². The Bertz CT molecular complexity index is 425. The Morgan fingerprint density at radius 1 is 1.35 bits per heavy atom. The normalized spacial score (nSPS) is 17.6. The molecule has 0 bridgehead atoms. The molecule has 1 heterocycles. The number of rotatable bonds is 2. The van der Waals surface area contributed by atoms with Crippen molar-refractivity contribution in [3.8, 4) is 0 Å². The van der Waals surface area contributed by atoms with E-state index in [2.05, 4.69) is 32.0 Å². The van der Waals surface area contributed by atoms with Crippen molar-refractivity contribution in [3.63, 3.8) is 0 Å². The van der Waals surface area contributed by atoms with Crippen LogP contribution in [0.5, 0.6) is 0 Å². The Hall–Kier alpha value is -1.31. The van der Waals surface area contributed by atoms with Crippen molar-refractivity contribution < 1.29 is 4.79 Å². The van der Waals surface area contributed by atoms with Crippen molar-refractivity contribution in [2.45, 2.75) is 45.4 Å². The number of aryl methyl sites for hydroxylation is 1. The molecule has 1 aromatic rings. The molecule has 0 aromatic heterocycles. The molecule has 2 heteroatoms. The third-order valence-electron chi connectivity index (χ3n) is 3.86. The summed E-state index contributed by atoms with van der Waals surface area (Å²) in [7, 11) is 1.88. The van der Waals surface area contributed by atoms with Crippen molar-refractivity contribution in [3.05, 3.63) is 29.3 Å². The number of anilines is 1. The third kappa shape index (κ3) is 2.36. The molecule has 1 aromatic carbocycles. The molecule has 92 valence electrons. The molecule has 2 nitrogen and oxygen atoms in total. The lowest BCUT2D eigenvalue weighted by atomic mass is 9.95. The summed E-state index contributed by atoms with van der Waals surface area (Å²) in [5, 5.41) is 0. The molecule has 0 radical (unpaired) electrons. The van der Waals surface area contributed by atoms with Gasteiger partial charge in [0.15, 0.2) is 0 Å². The fourth-order valence-electron chi connectivity index (χ4n) is 2.41. The van der Waals surface area contributed by atoms with Gasteiger partial charge >= 0.3 is 0 Å². The maximum atomic E-state index is 11.8. The van der Waals surface area contributed by atoms with E-state index in [0.29, 0.717) is 12.3 Å². The highest BCUT2D eigenvalue weighted by molar-refractivity contribution is 5.94. The molecule has 1 amide bonds. The minimum atomic E-state index is 0.236. The van der Waals surface area contributed by atoms with Crippen LogP contribution in [0.2, 0.25) is 0 Å². The van der Waals surface area contributed by atoms with E-state index in [9.17, 15) is 4.79 Å². The molecule has 1 aliphatic rings. The van der Waals surface area contributed by atoms with Gasteiger partial charge in [0.2, 0.25) is 5.91 Å². The van der Waals surface area contributed by atoms with E-state index in [-0.39, 0.29) is 5.91 Å². The van der Waals surface area contributed by atoms with Gasteiger partial charge in [0.1, 0.15) is 0 Å². The van der Waals surface area contributed by atoms with Crippen LogP contribution in [0.15, 0.2) is 18.2 Å². The van der Waals surface area contributed by atoms with Gasteiger partial charge in [0.05, 0.1) is 0 Å². The fraction of sp³-hybridized carbons (Fsp3) is 0.533. The van der Waals surface area contributed by atoms with Gasteiger partial charge in [-0.15, -0.1) is 0 Å². The van der Waals surface area contributed by atoms with Crippen LogP contribution in [0.1, 0.15) is 50.2 Å². The minimum absolute atomic E-state index is 0.236. The average molecular weight is 231 g/mol. The van der Waals surface area contributed by atoms with Crippen LogP contribution < -0.4 is 4.90 Å². The maximum Gasteiger partial charge on any atom is 0.226 e. The lowest BCUT2D eigenvalue weighted by Gasteiger charge is -2.19. The van der Waals surface area contributed by atoms with Crippen LogP contribution in [-0.4, -0.2) is 13.0 Å². The lowest BCUT2D eigenvalue weighted by molar-refractivity contribution is -0.118. The van der Waals surface area contributed by atoms with E-state index in [1.165, 1.54) is 11.1 Å². The summed E-state index contributed by atoms with van der Waals surface area (Å²) in [6.45, 7) is 4.47. The quantitative estimate of drug-likeness (QED) is 0.763. The van der Waals surface area contributed by atoms with E-state index >= 15 is 0 Å². The molecule has 0 saturated carbocycles. The van der Waals surface area contributed by atoms with E-state index in [1.54, 1.807) is 0 Å². The number of fused-ring (bicyclic) bond motifs is 1. The van der Waals surface area contributed by atoms with E-state index in [0.717, 1.165) is 24.9 Å². The first kappa shape index (κ1) is 12.2. The topological polar surface area (TPSA) is 20.3 Å². The number of benzene rings is 1. The molecule has 17 heavy (non-hydrogen) atoms. The zero-order valence-corrected chi connectivity index (χ0v) is 11.0. The Morgan fingerprint density at radius 3 is 2.82 bits per heavy atom. The summed E-state index contributed by atoms with van der Waals surface area (Å²) >= 11 is 0. The van der Waals surface area contributed by atoms with Gasteiger partial charge in [-0.25, -0.2) is 0 Å². The summed E-state index contributed by atoms with van der Waals surface area (Å²) in [4.78, 5) is 13.6. The highest BCUT2D eigenvalue weighted by Gasteiger charge is 2.19.